The van der Waals surface area contributed by atoms with E-state index in [1.165, 1.54) is 40.6 Å². The lowest BCUT2D eigenvalue weighted by atomic mass is 10.1. The van der Waals surface area contributed by atoms with Crippen molar-refractivity contribution in [2.24, 2.45) is 0 Å². The van der Waals surface area contributed by atoms with E-state index in [1.807, 2.05) is 18.2 Å². The molecule has 0 spiro atoms. The van der Waals surface area contributed by atoms with Crippen LogP contribution in [0.4, 0.5) is 5.69 Å². The van der Waals surface area contributed by atoms with Gasteiger partial charge in [-0.25, -0.2) is 0 Å². The molecule has 4 N–H and O–H groups in total. The lowest BCUT2D eigenvalue weighted by Crippen LogP contribution is -2.44. The zero-order valence-electron chi connectivity index (χ0n) is 17.1. The number of fused-ring (bicyclic) bond motifs is 2. The summed E-state index contributed by atoms with van der Waals surface area (Å²) < 4.78 is 0. The lowest BCUT2D eigenvalue weighted by molar-refractivity contribution is 0.0861. The molecule has 0 saturated heterocycles. The molecule has 5 nitrogen and oxygen atoms in total. The third-order valence-corrected chi connectivity index (χ3v) is 7.53. The number of nitrogens with one attached hydrogen (secondary N) is 1. The van der Waals surface area contributed by atoms with Crippen molar-refractivity contribution in [1.82, 2.24) is 4.90 Å². The molecule has 31 heavy (non-hydrogen) atoms. The highest BCUT2D eigenvalue weighted by molar-refractivity contribution is 8.00. The van der Waals surface area contributed by atoms with Gasteiger partial charge in [0.2, 0.25) is 0 Å². The summed E-state index contributed by atoms with van der Waals surface area (Å²) >= 11 is 1.37. The van der Waals surface area contributed by atoms with E-state index >= 15 is 0 Å². The van der Waals surface area contributed by atoms with Crippen molar-refractivity contribution >= 4 is 17.4 Å². The van der Waals surface area contributed by atoms with Crippen LogP contribution in [0.1, 0.15) is 16.7 Å². The first kappa shape index (κ1) is 20.2. The fourth-order valence-corrected chi connectivity index (χ4v) is 5.73. The first-order valence-corrected chi connectivity index (χ1v) is 11.5. The Labute approximate surface area is 186 Å². The number of thioether (sulfide) groups is 1. The highest BCUT2D eigenvalue weighted by atomic mass is 32.2. The highest BCUT2D eigenvalue weighted by Gasteiger charge is 2.35. The minimum absolute atomic E-state index is 0.0855. The Bertz CT molecular complexity index is 1020. The molecular weight excluding hydrogens is 408 g/mol. The van der Waals surface area contributed by atoms with Crippen molar-refractivity contribution < 1.29 is 15.3 Å². The Hall–Kier alpha value is -2.67. The van der Waals surface area contributed by atoms with Gasteiger partial charge in [0, 0.05) is 19.1 Å². The summed E-state index contributed by atoms with van der Waals surface area (Å²) in [6.45, 7) is 1.26. The second kappa shape index (κ2) is 8.46. The monoisotopic (exact) mass is 434 g/mol. The topological polar surface area (TPSA) is 76.0 Å². The van der Waals surface area contributed by atoms with Gasteiger partial charge in [-0.2, -0.15) is 0 Å². The molecule has 0 amide bonds. The second-order valence-corrected chi connectivity index (χ2v) is 9.46. The van der Waals surface area contributed by atoms with Crippen LogP contribution >= 0.6 is 11.8 Å². The largest absolute Gasteiger partial charge is 0.507 e. The van der Waals surface area contributed by atoms with E-state index in [4.69, 9.17) is 0 Å². The molecule has 3 aromatic carbocycles. The maximum atomic E-state index is 11.1. The molecule has 0 aromatic heterocycles. The van der Waals surface area contributed by atoms with Gasteiger partial charge < -0.3 is 20.6 Å². The Kier molecular flexibility index (Phi) is 5.52. The van der Waals surface area contributed by atoms with Crippen molar-refractivity contribution in [1.29, 1.82) is 0 Å². The molecule has 1 heterocycles. The zero-order valence-corrected chi connectivity index (χ0v) is 17.9. The Morgan fingerprint density at radius 1 is 0.903 bits per heavy atom. The van der Waals surface area contributed by atoms with Crippen LogP contribution in [0.3, 0.4) is 0 Å². The minimum Gasteiger partial charge on any atom is -0.507 e. The van der Waals surface area contributed by atoms with E-state index < -0.39 is 6.10 Å². The zero-order chi connectivity index (χ0) is 21.4. The molecular formula is C25H26N2O3S. The van der Waals surface area contributed by atoms with Crippen molar-refractivity contribution in [3.8, 4) is 11.5 Å². The standard InChI is InChI=1S/C25H26N2O3S/c28-20-10-11-21(29)24-23(20)26-25(31-24)22(30)15-27(14-16-6-2-1-3-7-16)19-12-17-8-4-5-9-18(17)13-19/h1-11,19,22,25-26,28-30H,12-15H2. The predicted octanol–water partition coefficient (Wildman–Crippen LogP) is 3.97. The number of phenols is 2. The quantitative estimate of drug-likeness (QED) is 0.347. The van der Waals surface area contributed by atoms with Crippen LogP contribution in [-0.2, 0) is 19.4 Å². The summed E-state index contributed by atoms with van der Waals surface area (Å²) in [4.78, 5) is 2.96. The van der Waals surface area contributed by atoms with Gasteiger partial charge in [0.15, 0.2) is 0 Å². The third kappa shape index (κ3) is 4.11. The predicted molar refractivity (Wildman–Crippen MR) is 124 cm³/mol. The van der Waals surface area contributed by atoms with Gasteiger partial charge in [0.25, 0.3) is 0 Å². The molecule has 0 saturated carbocycles. The molecule has 0 bridgehead atoms. The number of phenolic OH excluding ortho intramolecular Hbond substituents is 2. The first-order valence-electron chi connectivity index (χ1n) is 10.6. The average Bonchev–Trinajstić information content (AvgIpc) is 3.42. The van der Waals surface area contributed by atoms with E-state index in [0.29, 0.717) is 23.2 Å². The Morgan fingerprint density at radius 2 is 1.55 bits per heavy atom. The number of anilines is 1. The fraction of sp³-hybridized carbons (Fsp3) is 0.280. The van der Waals surface area contributed by atoms with Crippen LogP contribution in [0.25, 0.3) is 0 Å². The maximum absolute atomic E-state index is 11.1. The van der Waals surface area contributed by atoms with E-state index in [1.54, 1.807) is 0 Å². The first-order chi connectivity index (χ1) is 15.1. The number of hydrogen-bond acceptors (Lipinski definition) is 6. The maximum Gasteiger partial charge on any atom is 0.140 e. The van der Waals surface area contributed by atoms with E-state index in [9.17, 15) is 15.3 Å². The fourth-order valence-electron chi connectivity index (χ4n) is 4.58. The number of aromatic hydroxyl groups is 2. The molecule has 2 atom stereocenters. The van der Waals surface area contributed by atoms with Crippen molar-refractivity contribution in [3.63, 3.8) is 0 Å². The minimum atomic E-state index is -0.677. The summed E-state index contributed by atoms with van der Waals surface area (Å²) in [6.07, 6.45) is 1.27. The Balaban J connectivity index is 1.34. The highest BCUT2D eigenvalue weighted by Crippen LogP contribution is 2.49. The molecule has 1 aliphatic heterocycles. The van der Waals surface area contributed by atoms with Crippen LogP contribution in [0.2, 0.25) is 0 Å². The number of aliphatic hydroxyl groups is 1. The van der Waals surface area contributed by atoms with Crippen LogP contribution < -0.4 is 5.32 Å². The normalized spacial score (nSPS) is 18.6. The van der Waals surface area contributed by atoms with Gasteiger partial charge in [0.05, 0.1) is 16.7 Å². The summed E-state index contributed by atoms with van der Waals surface area (Å²) in [5.74, 6) is 0.203. The number of rotatable bonds is 6. The van der Waals surface area contributed by atoms with Gasteiger partial charge in [-0.1, -0.05) is 66.4 Å². The summed E-state index contributed by atoms with van der Waals surface area (Å²) in [5.41, 5.74) is 4.49. The molecule has 5 rings (SSSR count). The van der Waals surface area contributed by atoms with E-state index in [0.717, 1.165) is 19.4 Å². The van der Waals surface area contributed by atoms with Gasteiger partial charge in [-0.3, -0.25) is 4.90 Å². The van der Waals surface area contributed by atoms with E-state index in [2.05, 4.69) is 46.6 Å². The summed E-state index contributed by atoms with van der Waals surface area (Å²) in [7, 11) is 0. The number of hydrogen-bond donors (Lipinski definition) is 4. The molecule has 1 aliphatic carbocycles. The van der Waals surface area contributed by atoms with Crippen LogP contribution in [0.15, 0.2) is 71.6 Å². The average molecular weight is 435 g/mol. The molecule has 0 radical (unpaired) electrons. The molecule has 2 aliphatic rings. The smallest absolute Gasteiger partial charge is 0.140 e. The molecule has 3 aromatic rings. The third-order valence-electron chi connectivity index (χ3n) is 6.19. The Morgan fingerprint density at radius 3 is 2.23 bits per heavy atom. The lowest BCUT2D eigenvalue weighted by Gasteiger charge is -2.32. The number of benzene rings is 3. The van der Waals surface area contributed by atoms with Gasteiger partial charge in [0.1, 0.15) is 16.9 Å². The number of nitrogens with zero attached hydrogens (tertiary/aromatic N) is 1. The second-order valence-electron chi connectivity index (χ2n) is 8.30. The molecule has 0 fully saturated rings. The van der Waals surface area contributed by atoms with Crippen LogP contribution in [-0.4, -0.2) is 44.3 Å². The molecule has 6 heteroatoms. The van der Waals surface area contributed by atoms with Crippen LogP contribution in [0.5, 0.6) is 11.5 Å². The van der Waals surface area contributed by atoms with Gasteiger partial charge in [-0.05, 0) is 41.7 Å². The SMILES string of the molecule is Oc1ccc(O)c2c1NC(C(O)CN(Cc1ccccc1)C1Cc3ccccc3C1)S2. The van der Waals surface area contributed by atoms with Crippen molar-refractivity contribution in [2.45, 2.75) is 41.8 Å². The van der Waals surface area contributed by atoms with E-state index in [-0.39, 0.29) is 16.9 Å². The summed E-state index contributed by atoms with van der Waals surface area (Å²) in [5, 5.41) is 34.3. The number of aliphatic hydroxyl groups excluding tert-OH is 1. The van der Waals surface area contributed by atoms with Crippen molar-refractivity contribution in [3.05, 3.63) is 83.4 Å². The van der Waals surface area contributed by atoms with Crippen LogP contribution in [0, 0.1) is 0 Å². The van der Waals surface area contributed by atoms with Gasteiger partial charge in [-0.15, -0.1) is 0 Å². The molecule has 2 unspecified atom stereocenters. The van der Waals surface area contributed by atoms with Crippen molar-refractivity contribution in [2.75, 3.05) is 11.9 Å². The molecule has 160 valence electrons. The summed E-state index contributed by atoms with van der Waals surface area (Å²) in [6, 6.07) is 22.2. The van der Waals surface area contributed by atoms with Gasteiger partial charge >= 0.3 is 0 Å².